The van der Waals surface area contributed by atoms with Crippen molar-refractivity contribution in [2.45, 2.75) is 0 Å². The summed E-state index contributed by atoms with van der Waals surface area (Å²) in [6.07, 6.45) is 0. The minimum absolute atomic E-state index is 0.152. The van der Waals surface area contributed by atoms with Crippen LogP contribution in [0.1, 0.15) is 5.56 Å². The summed E-state index contributed by atoms with van der Waals surface area (Å²) in [5, 5.41) is 9.48. The van der Waals surface area contributed by atoms with Gasteiger partial charge in [0, 0.05) is 5.52 Å². The zero-order valence-corrected chi connectivity index (χ0v) is 13.2. The molecule has 0 saturated carbocycles. The van der Waals surface area contributed by atoms with Gasteiger partial charge >= 0.3 is 3.18 Å². The van der Waals surface area contributed by atoms with Gasteiger partial charge in [-0.15, -0.1) is 47.3 Å². The van der Waals surface area contributed by atoms with Gasteiger partial charge in [-0.05, 0) is 17.5 Å². The van der Waals surface area contributed by atoms with Crippen LogP contribution in [-0.2, 0) is 0 Å². The molecule has 0 fully saturated rings. The van der Waals surface area contributed by atoms with Crippen LogP contribution in [0.2, 0.25) is 0 Å². The molecule has 2 aromatic rings. The molecule has 0 radical (unpaired) electrons. The quantitative estimate of drug-likeness (QED) is 0.663. The number of aromatic amines is 1. The topological polar surface area (TPSA) is 56.6 Å². The SMILES string of the molecule is BrB(Br)Br.N#Cc1cc2ccccc2[nH]c1=O. The van der Waals surface area contributed by atoms with Crippen molar-refractivity contribution < 1.29 is 0 Å². The minimum atomic E-state index is -0.332. The molecule has 1 heterocycles. The van der Waals surface area contributed by atoms with Crippen LogP contribution in [0.4, 0.5) is 0 Å². The third-order valence-electron chi connectivity index (χ3n) is 1.87. The van der Waals surface area contributed by atoms with E-state index in [9.17, 15) is 4.79 Å². The van der Waals surface area contributed by atoms with Crippen LogP contribution >= 0.6 is 47.3 Å². The number of aromatic nitrogens is 1. The van der Waals surface area contributed by atoms with Crippen LogP contribution in [0.25, 0.3) is 10.9 Å². The standard InChI is InChI=1S/C10H6N2O.BBr3/c11-6-8-5-7-3-1-2-4-9(7)12-10(8)13;2-1(3)4/h1-5H,(H,12,13);. The lowest BCUT2D eigenvalue weighted by molar-refractivity contribution is 1.27. The van der Waals surface area contributed by atoms with Gasteiger partial charge in [0.25, 0.3) is 5.56 Å². The number of nitriles is 1. The number of rotatable bonds is 0. The lowest BCUT2D eigenvalue weighted by Gasteiger charge is -1.95. The fourth-order valence-corrected chi connectivity index (χ4v) is 1.23. The minimum Gasteiger partial charge on any atom is -0.321 e. The van der Waals surface area contributed by atoms with Crippen molar-refractivity contribution >= 4 is 61.4 Å². The summed E-state index contributed by atoms with van der Waals surface area (Å²) < 4.78 is 0.271. The van der Waals surface area contributed by atoms with Crippen LogP contribution in [0.5, 0.6) is 0 Å². The molecule has 1 aromatic heterocycles. The zero-order valence-electron chi connectivity index (χ0n) is 8.45. The first-order chi connectivity index (χ1) is 8.04. The van der Waals surface area contributed by atoms with E-state index in [-0.39, 0.29) is 14.3 Å². The van der Waals surface area contributed by atoms with E-state index in [0.29, 0.717) is 0 Å². The maximum absolute atomic E-state index is 11.2. The molecule has 0 aliphatic rings. The van der Waals surface area contributed by atoms with Crippen molar-refractivity contribution in [1.29, 1.82) is 5.26 Å². The van der Waals surface area contributed by atoms with Gasteiger partial charge in [0.2, 0.25) is 0 Å². The molecule has 7 heteroatoms. The summed E-state index contributed by atoms with van der Waals surface area (Å²) in [5.74, 6) is 0. The van der Waals surface area contributed by atoms with Gasteiger partial charge in [-0.1, -0.05) is 18.2 Å². The Labute approximate surface area is 123 Å². The van der Waals surface area contributed by atoms with Crippen LogP contribution in [0, 0.1) is 11.3 Å². The smallest absolute Gasteiger partial charge is 0.321 e. The largest absolute Gasteiger partial charge is 0.369 e. The third-order valence-corrected chi connectivity index (χ3v) is 1.87. The van der Waals surface area contributed by atoms with Gasteiger partial charge in [0.15, 0.2) is 0 Å². The van der Waals surface area contributed by atoms with Crippen molar-refractivity contribution in [2.24, 2.45) is 0 Å². The van der Waals surface area contributed by atoms with Crippen LogP contribution < -0.4 is 5.56 Å². The molecule has 0 aliphatic heterocycles. The predicted molar refractivity (Wildman–Crippen MR) is 81.8 cm³/mol. The molecule has 0 atom stereocenters. The molecule has 0 bridgehead atoms. The number of pyridine rings is 1. The Morgan fingerprint density at radius 3 is 2.41 bits per heavy atom. The van der Waals surface area contributed by atoms with Gasteiger partial charge in [-0.2, -0.15) is 5.26 Å². The van der Waals surface area contributed by atoms with Gasteiger partial charge in [-0.3, -0.25) is 4.79 Å². The molecular formula is C10H6BBr3N2O. The number of hydrogen-bond acceptors (Lipinski definition) is 2. The van der Waals surface area contributed by atoms with Crippen molar-refractivity contribution in [3.8, 4) is 6.07 Å². The maximum atomic E-state index is 11.2. The Balaban J connectivity index is 0.000000317. The Morgan fingerprint density at radius 1 is 1.24 bits per heavy atom. The highest BCUT2D eigenvalue weighted by Crippen LogP contribution is 2.09. The number of fused-ring (bicyclic) bond motifs is 1. The van der Waals surface area contributed by atoms with Crippen LogP contribution in [0.3, 0.4) is 0 Å². The molecule has 0 unspecified atom stereocenters. The van der Waals surface area contributed by atoms with E-state index in [1.807, 2.05) is 24.3 Å². The number of hydrogen-bond donors (Lipinski definition) is 1. The monoisotopic (exact) mass is 418 g/mol. The summed E-state index contributed by atoms with van der Waals surface area (Å²) in [6.45, 7) is 0. The molecule has 0 spiro atoms. The molecule has 86 valence electrons. The second-order valence-electron chi connectivity index (χ2n) is 2.96. The molecule has 0 saturated heterocycles. The molecule has 1 N–H and O–H groups in total. The highest BCUT2D eigenvalue weighted by Gasteiger charge is 1.99. The van der Waals surface area contributed by atoms with Crippen molar-refractivity contribution in [3.05, 3.63) is 46.2 Å². The van der Waals surface area contributed by atoms with E-state index in [1.165, 1.54) is 0 Å². The Morgan fingerprint density at radius 2 is 1.82 bits per heavy atom. The average molecular weight is 421 g/mol. The summed E-state index contributed by atoms with van der Waals surface area (Å²) in [5.41, 5.74) is 0.575. The summed E-state index contributed by atoms with van der Waals surface area (Å²) >= 11 is 9.31. The molecule has 17 heavy (non-hydrogen) atoms. The number of para-hydroxylation sites is 1. The molecule has 1 aromatic carbocycles. The second-order valence-corrected chi connectivity index (χ2v) is 9.39. The van der Waals surface area contributed by atoms with Gasteiger partial charge < -0.3 is 4.98 Å². The summed E-state index contributed by atoms with van der Waals surface area (Å²) in [4.78, 5) is 13.8. The van der Waals surface area contributed by atoms with Crippen LogP contribution in [-0.4, -0.2) is 8.17 Å². The molecular weight excluding hydrogens is 415 g/mol. The van der Waals surface area contributed by atoms with E-state index in [4.69, 9.17) is 5.26 Å². The predicted octanol–water partition coefficient (Wildman–Crippen LogP) is 3.56. The maximum Gasteiger partial charge on any atom is 0.369 e. The lowest BCUT2D eigenvalue weighted by Crippen LogP contribution is -2.08. The molecule has 2 rings (SSSR count). The number of nitrogens with one attached hydrogen (secondary N) is 1. The summed E-state index contributed by atoms with van der Waals surface area (Å²) in [7, 11) is 0. The first-order valence-electron chi connectivity index (χ1n) is 4.49. The summed E-state index contributed by atoms with van der Waals surface area (Å²) in [6, 6.07) is 10.8. The number of benzene rings is 1. The lowest BCUT2D eigenvalue weighted by atomic mass is 10.2. The first-order valence-corrected chi connectivity index (χ1v) is 7.23. The fraction of sp³-hybridized carbons (Fsp3) is 0. The molecule has 0 amide bonds. The van der Waals surface area contributed by atoms with Gasteiger partial charge in [0.1, 0.15) is 11.6 Å². The third kappa shape index (κ3) is 4.66. The van der Waals surface area contributed by atoms with E-state index < -0.39 is 0 Å². The average Bonchev–Trinajstić information content (AvgIpc) is 2.27. The van der Waals surface area contributed by atoms with Crippen molar-refractivity contribution in [2.75, 3.05) is 0 Å². The normalized spacial score (nSPS) is 9.06. The second kappa shape index (κ2) is 6.99. The van der Waals surface area contributed by atoms with E-state index >= 15 is 0 Å². The highest BCUT2D eigenvalue weighted by atomic mass is 79.9. The van der Waals surface area contributed by atoms with E-state index in [0.717, 1.165) is 10.9 Å². The van der Waals surface area contributed by atoms with E-state index in [2.05, 4.69) is 52.3 Å². The van der Waals surface area contributed by atoms with Gasteiger partial charge in [-0.25, -0.2) is 0 Å². The first kappa shape index (κ1) is 14.5. The number of halogens is 3. The van der Waals surface area contributed by atoms with E-state index in [1.54, 1.807) is 12.1 Å². The fourth-order valence-electron chi connectivity index (χ4n) is 1.23. The molecule has 3 nitrogen and oxygen atoms in total. The van der Waals surface area contributed by atoms with Gasteiger partial charge in [0.05, 0.1) is 0 Å². The number of nitrogens with zero attached hydrogens (tertiary/aromatic N) is 1. The van der Waals surface area contributed by atoms with Crippen LogP contribution in [0.15, 0.2) is 35.1 Å². The molecule has 0 aliphatic carbocycles. The van der Waals surface area contributed by atoms with Crippen molar-refractivity contribution in [1.82, 2.24) is 4.98 Å². The zero-order chi connectivity index (χ0) is 12.8. The highest BCUT2D eigenvalue weighted by molar-refractivity contribution is 9.69. The Kier molecular flexibility index (Phi) is 5.96. The number of H-pyrrole nitrogens is 1. The van der Waals surface area contributed by atoms with Crippen molar-refractivity contribution in [3.63, 3.8) is 0 Å². The Bertz CT molecular complexity index is 604. The Hall–Kier alpha value is -0.575.